The van der Waals surface area contributed by atoms with Crippen LogP contribution in [0.2, 0.25) is 0 Å². The number of amides is 1. The van der Waals surface area contributed by atoms with Gasteiger partial charge in [-0.2, -0.15) is 0 Å². The molecule has 2 atom stereocenters. The van der Waals surface area contributed by atoms with E-state index in [1.54, 1.807) is 0 Å². The van der Waals surface area contributed by atoms with Crippen molar-refractivity contribution in [3.8, 4) is 0 Å². The molecule has 400 valence electrons. The summed E-state index contributed by atoms with van der Waals surface area (Å²) < 4.78 is 0. The fourth-order valence-electron chi connectivity index (χ4n) is 10.2. The van der Waals surface area contributed by atoms with E-state index in [9.17, 15) is 15.0 Å². The third kappa shape index (κ3) is 55.9. The van der Waals surface area contributed by atoms with Gasteiger partial charge in [0.15, 0.2) is 0 Å². The Hall–Kier alpha value is -0.870. The van der Waals surface area contributed by atoms with E-state index in [1.165, 1.54) is 315 Å². The Morgan fingerprint density at radius 2 is 0.567 bits per heavy atom. The highest BCUT2D eigenvalue weighted by molar-refractivity contribution is 5.76. The molecule has 0 radical (unpaired) electrons. The standard InChI is InChI=1S/C63H125NO3/c1-3-5-7-9-11-13-15-17-19-21-22-23-24-25-26-27-28-29-30-31-32-33-34-35-36-37-38-39-40-41-42-43-45-47-49-51-53-55-57-59-63(67)64-61(60-65)62(66)58-56-54-52-50-48-46-44-20-18-16-14-12-10-8-6-4-2/h31-32,61-62,65-66H,3-30,33-60H2,1-2H3,(H,64,67)/b32-31-. The normalized spacial score (nSPS) is 12.7. The van der Waals surface area contributed by atoms with Crippen LogP contribution in [-0.2, 0) is 4.79 Å². The lowest BCUT2D eigenvalue weighted by molar-refractivity contribution is -0.123. The minimum atomic E-state index is -0.656. The van der Waals surface area contributed by atoms with Crippen molar-refractivity contribution in [1.29, 1.82) is 0 Å². The molecule has 0 fully saturated rings. The molecule has 4 heteroatoms. The number of aliphatic hydroxyl groups excluding tert-OH is 2. The van der Waals surface area contributed by atoms with Gasteiger partial charge in [0.2, 0.25) is 5.91 Å². The maximum absolute atomic E-state index is 12.5. The molecule has 3 N–H and O–H groups in total. The van der Waals surface area contributed by atoms with E-state index >= 15 is 0 Å². The molecule has 0 bridgehead atoms. The van der Waals surface area contributed by atoms with Gasteiger partial charge in [0.25, 0.3) is 0 Å². The van der Waals surface area contributed by atoms with Crippen molar-refractivity contribution in [2.24, 2.45) is 0 Å². The molecule has 0 spiro atoms. The highest BCUT2D eigenvalue weighted by atomic mass is 16.3. The number of hydrogen-bond donors (Lipinski definition) is 3. The topological polar surface area (TPSA) is 69.6 Å². The van der Waals surface area contributed by atoms with Gasteiger partial charge in [0.05, 0.1) is 18.8 Å². The first kappa shape index (κ1) is 66.1. The van der Waals surface area contributed by atoms with E-state index in [4.69, 9.17) is 0 Å². The molecular formula is C63H125NO3. The molecule has 0 rings (SSSR count). The van der Waals surface area contributed by atoms with Crippen molar-refractivity contribution in [3.05, 3.63) is 12.2 Å². The van der Waals surface area contributed by atoms with E-state index in [-0.39, 0.29) is 12.5 Å². The molecule has 1 amide bonds. The molecule has 0 saturated carbocycles. The fraction of sp³-hybridized carbons (Fsp3) is 0.952. The highest BCUT2D eigenvalue weighted by Crippen LogP contribution is 2.19. The van der Waals surface area contributed by atoms with Crippen LogP contribution in [0.3, 0.4) is 0 Å². The summed E-state index contributed by atoms with van der Waals surface area (Å²) in [6, 6.07) is -0.533. The van der Waals surface area contributed by atoms with Crippen LogP contribution in [0.5, 0.6) is 0 Å². The van der Waals surface area contributed by atoms with Crippen LogP contribution in [0.25, 0.3) is 0 Å². The summed E-state index contributed by atoms with van der Waals surface area (Å²) in [4.78, 5) is 12.5. The van der Waals surface area contributed by atoms with Crippen LogP contribution in [0.15, 0.2) is 12.2 Å². The highest BCUT2D eigenvalue weighted by Gasteiger charge is 2.20. The Balaban J connectivity index is 3.35. The van der Waals surface area contributed by atoms with Crippen molar-refractivity contribution >= 4 is 5.91 Å². The molecule has 0 aliphatic carbocycles. The van der Waals surface area contributed by atoms with Gasteiger partial charge < -0.3 is 15.5 Å². The SMILES string of the molecule is CCCCCCCCCCCCCCCCCCCC/C=C\CCCCCCCCCCCCCCCCCCCC(=O)NC(CO)C(O)CCCCCCCCCCCCCCCCCC. The number of aliphatic hydroxyl groups is 2. The van der Waals surface area contributed by atoms with Gasteiger partial charge in [-0.1, -0.05) is 334 Å². The number of hydrogen-bond acceptors (Lipinski definition) is 3. The van der Waals surface area contributed by atoms with E-state index in [1.807, 2.05) is 0 Å². The summed E-state index contributed by atoms with van der Waals surface area (Å²) in [6.45, 7) is 4.40. The Morgan fingerprint density at radius 3 is 0.821 bits per heavy atom. The zero-order valence-corrected chi connectivity index (χ0v) is 46.2. The zero-order valence-electron chi connectivity index (χ0n) is 46.2. The van der Waals surface area contributed by atoms with Gasteiger partial charge >= 0.3 is 0 Å². The molecule has 0 saturated heterocycles. The van der Waals surface area contributed by atoms with E-state index in [0.29, 0.717) is 12.8 Å². The van der Waals surface area contributed by atoms with E-state index in [2.05, 4.69) is 31.3 Å². The molecule has 67 heavy (non-hydrogen) atoms. The number of allylic oxidation sites excluding steroid dienone is 2. The predicted octanol–water partition coefficient (Wildman–Crippen LogP) is 20.9. The van der Waals surface area contributed by atoms with Crippen LogP contribution < -0.4 is 5.32 Å². The zero-order chi connectivity index (χ0) is 48.5. The largest absolute Gasteiger partial charge is 0.394 e. The molecule has 0 heterocycles. The number of rotatable bonds is 59. The first-order valence-corrected chi connectivity index (χ1v) is 31.4. The predicted molar refractivity (Wildman–Crippen MR) is 299 cm³/mol. The van der Waals surface area contributed by atoms with Gasteiger partial charge in [0, 0.05) is 6.42 Å². The van der Waals surface area contributed by atoms with Crippen LogP contribution in [-0.4, -0.2) is 34.9 Å². The van der Waals surface area contributed by atoms with E-state index < -0.39 is 12.1 Å². The second-order valence-electron chi connectivity index (χ2n) is 21.8. The van der Waals surface area contributed by atoms with Crippen molar-refractivity contribution in [1.82, 2.24) is 5.32 Å². The van der Waals surface area contributed by atoms with Crippen molar-refractivity contribution in [2.75, 3.05) is 6.61 Å². The lowest BCUT2D eigenvalue weighted by atomic mass is 10.0. The smallest absolute Gasteiger partial charge is 0.220 e. The Bertz CT molecular complexity index is 936. The van der Waals surface area contributed by atoms with Crippen molar-refractivity contribution < 1.29 is 15.0 Å². The second-order valence-corrected chi connectivity index (χ2v) is 21.8. The Kier molecular flexibility index (Phi) is 58.7. The number of carbonyl (C=O) groups excluding carboxylic acids is 1. The van der Waals surface area contributed by atoms with Gasteiger partial charge in [-0.05, 0) is 38.5 Å². The van der Waals surface area contributed by atoms with Gasteiger partial charge in [-0.15, -0.1) is 0 Å². The first-order chi connectivity index (χ1) is 33.2. The molecule has 4 nitrogen and oxygen atoms in total. The molecule has 2 unspecified atom stereocenters. The average molecular weight is 945 g/mol. The third-order valence-electron chi connectivity index (χ3n) is 15.0. The number of nitrogens with one attached hydrogen (secondary N) is 1. The fourth-order valence-corrected chi connectivity index (χ4v) is 10.2. The molecule has 0 aliphatic heterocycles. The lowest BCUT2D eigenvalue weighted by Crippen LogP contribution is -2.45. The van der Waals surface area contributed by atoms with Crippen LogP contribution in [0.1, 0.15) is 367 Å². The monoisotopic (exact) mass is 944 g/mol. The lowest BCUT2D eigenvalue weighted by Gasteiger charge is -2.22. The van der Waals surface area contributed by atoms with Gasteiger partial charge in [-0.3, -0.25) is 4.79 Å². The summed E-state index contributed by atoms with van der Waals surface area (Å²) in [5.41, 5.74) is 0. The molecule has 0 aromatic carbocycles. The average Bonchev–Trinajstić information content (AvgIpc) is 3.33. The van der Waals surface area contributed by atoms with E-state index in [0.717, 1.165) is 25.7 Å². The van der Waals surface area contributed by atoms with Gasteiger partial charge in [-0.25, -0.2) is 0 Å². The van der Waals surface area contributed by atoms with Gasteiger partial charge in [0.1, 0.15) is 0 Å². The summed E-state index contributed by atoms with van der Waals surface area (Å²) in [6.07, 6.45) is 78.2. The van der Waals surface area contributed by atoms with Crippen molar-refractivity contribution in [2.45, 2.75) is 379 Å². The molecule has 0 aromatic rings. The third-order valence-corrected chi connectivity index (χ3v) is 15.0. The number of carbonyl (C=O) groups is 1. The number of unbranched alkanes of at least 4 members (excludes halogenated alkanes) is 50. The summed E-state index contributed by atoms with van der Waals surface area (Å²) >= 11 is 0. The first-order valence-electron chi connectivity index (χ1n) is 31.4. The maximum Gasteiger partial charge on any atom is 0.220 e. The van der Waals surface area contributed by atoms with Crippen LogP contribution in [0, 0.1) is 0 Å². The Morgan fingerprint density at radius 1 is 0.343 bits per heavy atom. The molecular weight excluding hydrogens is 819 g/mol. The Labute approximate surface area is 422 Å². The van der Waals surface area contributed by atoms with Crippen LogP contribution in [0.4, 0.5) is 0 Å². The second kappa shape index (κ2) is 59.4. The minimum Gasteiger partial charge on any atom is -0.394 e. The van der Waals surface area contributed by atoms with Crippen molar-refractivity contribution in [3.63, 3.8) is 0 Å². The summed E-state index contributed by atoms with van der Waals surface area (Å²) in [5.74, 6) is -0.0238. The van der Waals surface area contributed by atoms with Crippen LogP contribution >= 0.6 is 0 Å². The summed E-state index contributed by atoms with van der Waals surface area (Å²) in [5, 5.41) is 23.3. The summed E-state index contributed by atoms with van der Waals surface area (Å²) in [7, 11) is 0. The minimum absolute atomic E-state index is 0.0238. The molecule has 0 aliphatic rings. The quantitative estimate of drug-likeness (QED) is 0.0420. The molecule has 0 aromatic heterocycles. The maximum atomic E-state index is 12.5.